The molecule has 0 radical (unpaired) electrons. The average molecular weight is 331 g/mol. The van der Waals surface area contributed by atoms with Crippen LogP contribution in [0.5, 0.6) is 0 Å². The number of amides is 2. The van der Waals surface area contributed by atoms with Gasteiger partial charge in [-0.2, -0.15) is 0 Å². The lowest BCUT2D eigenvalue weighted by Crippen LogP contribution is -2.50. The number of anilines is 2. The molecule has 2 aliphatic rings. The van der Waals surface area contributed by atoms with Crippen molar-refractivity contribution < 1.29 is 19.5 Å². The van der Waals surface area contributed by atoms with E-state index in [0.29, 0.717) is 11.4 Å². The normalized spacial score (nSPS) is 18.5. The summed E-state index contributed by atoms with van der Waals surface area (Å²) in [6.07, 6.45) is 3.34. The third-order valence-electron chi connectivity index (χ3n) is 4.65. The van der Waals surface area contributed by atoms with Gasteiger partial charge in [-0.25, -0.2) is 4.79 Å². The van der Waals surface area contributed by atoms with Gasteiger partial charge < -0.3 is 10.0 Å². The first-order valence-corrected chi connectivity index (χ1v) is 8.14. The number of hydrogen-bond acceptors (Lipinski definition) is 4. The lowest BCUT2D eigenvalue weighted by Gasteiger charge is -2.36. The third-order valence-corrected chi connectivity index (χ3v) is 4.65. The van der Waals surface area contributed by atoms with Crippen LogP contribution < -0.4 is 9.80 Å². The SMILES string of the molecule is CN1C(=O)CN(C(=O)CN2CCCCC2)c2cc(C(=O)O)ccc21. The van der Waals surface area contributed by atoms with Crippen LogP contribution in [0.2, 0.25) is 0 Å². The summed E-state index contributed by atoms with van der Waals surface area (Å²) in [7, 11) is 1.63. The van der Waals surface area contributed by atoms with E-state index in [1.807, 2.05) is 0 Å². The van der Waals surface area contributed by atoms with Crippen LogP contribution >= 0.6 is 0 Å². The Kier molecular flexibility index (Phi) is 4.53. The number of benzene rings is 1. The zero-order chi connectivity index (χ0) is 17.3. The molecule has 0 atom stereocenters. The van der Waals surface area contributed by atoms with Gasteiger partial charge >= 0.3 is 5.97 Å². The molecular weight excluding hydrogens is 310 g/mol. The molecule has 1 fully saturated rings. The monoisotopic (exact) mass is 331 g/mol. The van der Waals surface area contributed by atoms with E-state index in [-0.39, 0.29) is 30.5 Å². The first kappa shape index (κ1) is 16.4. The maximum atomic E-state index is 12.7. The van der Waals surface area contributed by atoms with E-state index in [2.05, 4.69) is 4.90 Å². The molecular formula is C17H21N3O4. The molecule has 128 valence electrons. The molecule has 0 unspecified atom stereocenters. The fourth-order valence-electron chi connectivity index (χ4n) is 3.23. The molecule has 7 nitrogen and oxygen atoms in total. The van der Waals surface area contributed by atoms with Crippen molar-refractivity contribution in [3.63, 3.8) is 0 Å². The molecule has 24 heavy (non-hydrogen) atoms. The van der Waals surface area contributed by atoms with Gasteiger partial charge in [-0.05, 0) is 44.1 Å². The zero-order valence-electron chi connectivity index (χ0n) is 13.7. The molecule has 2 amide bonds. The largest absolute Gasteiger partial charge is 0.478 e. The van der Waals surface area contributed by atoms with Gasteiger partial charge in [0.2, 0.25) is 11.8 Å². The van der Waals surface area contributed by atoms with Gasteiger partial charge in [-0.15, -0.1) is 0 Å². The standard InChI is InChI=1S/C17H21N3O4/c1-18-13-6-5-12(17(23)24)9-14(13)20(11-15(18)21)16(22)10-19-7-3-2-4-8-19/h5-6,9H,2-4,7-8,10-11H2,1H3,(H,23,24). The molecule has 3 rings (SSSR count). The molecule has 1 N–H and O–H groups in total. The van der Waals surface area contributed by atoms with Crippen molar-refractivity contribution in [3.8, 4) is 0 Å². The highest BCUT2D eigenvalue weighted by molar-refractivity contribution is 6.12. The van der Waals surface area contributed by atoms with Crippen LogP contribution in [-0.4, -0.2) is 61.0 Å². The van der Waals surface area contributed by atoms with Crippen LogP contribution in [0.25, 0.3) is 0 Å². The number of carboxylic acids is 1. The average Bonchev–Trinajstić information content (AvgIpc) is 2.58. The van der Waals surface area contributed by atoms with Gasteiger partial charge in [0, 0.05) is 7.05 Å². The fourth-order valence-corrected chi connectivity index (χ4v) is 3.23. The molecule has 1 aromatic rings. The number of likely N-dealkylation sites (N-methyl/N-ethyl adjacent to an activating group) is 1. The molecule has 1 aromatic carbocycles. The van der Waals surface area contributed by atoms with Gasteiger partial charge in [-0.3, -0.25) is 19.4 Å². The van der Waals surface area contributed by atoms with E-state index in [1.165, 1.54) is 28.4 Å². The molecule has 0 spiro atoms. The van der Waals surface area contributed by atoms with Crippen LogP contribution in [0, 0.1) is 0 Å². The fraction of sp³-hybridized carbons (Fsp3) is 0.471. The number of carboxylic acid groups (broad SMARTS) is 1. The van der Waals surface area contributed by atoms with Crippen molar-refractivity contribution in [2.24, 2.45) is 0 Å². The summed E-state index contributed by atoms with van der Waals surface area (Å²) < 4.78 is 0. The second-order valence-electron chi connectivity index (χ2n) is 6.28. The lowest BCUT2D eigenvalue weighted by molar-refractivity contribution is -0.123. The predicted molar refractivity (Wildman–Crippen MR) is 89.5 cm³/mol. The highest BCUT2D eigenvalue weighted by atomic mass is 16.4. The zero-order valence-corrected chi connectivity index (χ0v) is 13.7. The van der Waals surface area contributed by atoms with Crippen molar-refractivity contribution in [1.82, 2.24) is 4.90 Å². The summed E-state index contributed by atoms with van der Waals surface area (Å²) in [4.78, 5) is 41.1. The third kappa shape index (κ3) is 3.12. The Morgan fingerprint density at radius 1 is 1.12 bits per heavy atom. The summed E-state index contributed by atoms with van der Waals surface area (Å²) in [5, 5.41) is 9.20. The summed E-state index contributed by atoms with van der Waals surface area (Å²) in [6.45, 7) is 1.97. The minimum atomic E-state index is -1.05. The summed E-state index contributed by atoms with van der Waals surface area (Å²) >= 11 is 0. The Labute approximate surface area is 140 Å². The van der Waals surface area contributed by atoms with E-state index < -0.39 is 5.97 Å². The first-order chi connectivity index (χ1) is 11.5. The highest BCUT2D eigenvalue weighted by Gasteiger charge is 2.32. The summed E-state index contributed by atoms with van der Waals surface area (Å²) in [5.74, 6) is -1.40. The summed E-state index contributed by atoms with van der Waals surface area (Å²) in [5.41, 5.74) is 1.15. The molecule has 2 heterocycles. The number of piperidine rings is 1. The van der Waals surface area contributed by atoms with Crippen molar-refractivity contribution in [1.29, 1.82) is 0 Å². The summed E-state index contributed by atoms with van der Waals surface area (Å²) in [6, 6.07) is 4.50. The number of fused-ring (bicyclic) bond motifs is 1. The number of aromatic carboxylic acids is 1. The first-order valence-electron chi connectivity index (χ1n) is 8.14. The van der Waals surface area contributed by atoms with Crippen LogP contribution in [0.3, 0.4) is 0 Å². The van der Waals surface area contributed by atoms with E-state index >= 15 is 0 Å². The molecule has 1 saturated heterocycles. The number of carbonyl (C=O) groups is 3. The molecule has 0 aromatic heterocycles. The van der Waals surface area contributed by atoms with E-state index in [1.54, 1.807) is 13.1 Å². The quantitative estimate of drug-likeness (QED) is 0.899. The number of rotatable bonds is 3. The molecule has 0 bridgehead atoms. The van der Waals surface area contributed by atoms with Crippen molar-refractivity contribution in [3.05, 3.63) is 23.8 Å². The van der Waals surface area contributed by atoms with Crippen LogP contribution in [0.1, 0.15) is 29.6 Å². The van der Waals surface area contributed by atoms with Crippen molar-refractivity contribution >= 4 is 29.2 Å². The number of hydrogen-bond donors (Lipinski definition) is 1. The van der Waals surface area contributed by atoms with Gasteiger partial charge in [-0.1, -0.05) is 6.42 Å². The van der Waals surface area contributed by atoms with Gasteiger partial charge in [0.1, 0.15) is 6.54 Å². The Balaban J connectivity index is 1.89. The number of nitrogens with zero attached hydrogens (tertiary/aromatic N) is 3. The van der Waals surface area contributed by atoms with E-state index in [0.717, 1.165) is 25.9 Å². The van der Waals surface area contributed by atoms with Gasteiger partial charge in [0.25, 0.3) is 0 Å². The van der Waals surface area contributed by atoms with E-state index in [4.69, 9.17) is 0 Å². The molecule has 7 heteroatoms. The Hall–Kier alpha value is -2.41. The Morgan fingerprint density at radius 3 is 2.50 bits per heavy atom. The molecule has 0 aliphatic carbocycles. The van der Waals surface area contributed by atoms with Crippen molar-refractivity contribution in [2.45, 2.75) is 19.3 Å². The maximum Gasteiger partial charge on any atom is 0.335 e. The second-order valence-corrected chi connectivity index (χ2v) is 6.28. The van der Waals surface area contributed by atoms with Crippen LogP contribution in [0.4, 0.5) is 11.4 Å². The van der Waals surface area contributed by atoms with E-state index in [9.17, 15) is 19.5 Å². The lowest BCUT2D eigenvalue weighted by atomic mass is 10.1. The molecule has 2 aliphatic heterocycles. The van der Waals surface area contributed by atoms with Gasteiger partial charge in [0.05, 0.1) is 23.5 Å². The number of likely N-dealkylation sites (tertiary alicyclic amines) is 1. The smallest absolute Gasteiger partial charge is 0.335 e. The Bertz CT molecular complexity index is 682. The topological polar surface area (TPSA) is 81.2 Å². The highest BCUT2D eigenvalue weighted by Crippen LogP contribution is 2.34. The molecule has 0 saturated carbocycles. The maximum absolute atomic E-state index is 12.7. The second kappa shape index (κ2) is 6.60. The predicted octanol–water partition coefficient (Wildman–Crippen LogP) is 1.18. The minimum Gasteiger partial charge on any atom is -0.478 e. The Morgan fingerprint density at radius 2 is 1.83 bits per heavy atom. The number of carbonyl (C=O) groups excluding carboxylic acids is 2. The minimum absolute atomic E-state index is 0.0563. The van der Waals surface area contributed by atoms with Crippen molar-refractivity contribution in [2.75, 3.05) is 43.0 Å². The van der Waals surface area contributed by atoms with Crippen LogP contribution in [0.15, 0.2) is 18.2 Å². The van der Waals surface area contributed by atoms with Crippen LogP contribution in [-0.2, 0) is 9.59 Å². The van der Waals surface area contributed by atoms with Gasteiger partial charge in [0.15, 0.2) is 0 Å².